The summed E-state index contributed by atoms with van der Waals surface area (Å²) in [6.07, 6.45) is 4.98. The molecular formula is C15H20O2. The van der Waals surface area contributed by atoms with Gasteiger partial charge in [-0.3, -0.25) is 4.79 Å². The summed E-state index contributed by atoms with van der Waals surface area (Å²) in [6.45, 7) is 2.27. The zero-order chi connectivity index (χ0) is 12.1. The second-order valence-electron chi connectivity index (χ2n) is 5.03. The van der Waals surface area contributed by atoms with Crippen LogP contribution in [0.2, 0.25) is 0 Å². The first-order valence-electron chi connectivity index (χ1n) is 6.47. The minimum atomic E-state index is -0.0873. The summed E-state index contributed by atoms with van der Waals surface area (Å²) in [5.41, 5.74) is 1.03. The summed E-state index contributed by atoms with van der Waals surface area (Å²) in [5.74, 6) is 0.704. The Morgan fingerprint density at radius 2 is 1.82 bits per heavy atom. The van der Waals surface area contributed by atoms with E-state index in [4.69, 9.17) is 4.74 Å². The standard InChI is InChI=1S/C15H20O2/c1-12-7-9-14(10-8-12)17-15(16)11-13-5-3-2-4-6-13/h2-6,12,14H,7-11H2,1H3. The molecule has 2 heteroatoms. The van der Waals surface area contributed by atoms with Gasteiger partial charge in [-0.1, -0.05) is 37.3 Å². The van der Waals surface area contributed by atoms with Gasteiger partial charge in [0.15, 0.2) is 0 Å². The molecule has 0 N–H and O–H groups in total. The summed E-state index contributed by atoms with van der Waals surface area (Å²) in [7, 11) is 0. The van der Waals surface area contributed by atoms with Gasteiger partial charge >= 0.3 is 5.97 Å². The molecule has 0 spiro atoms. The van der Waals surface area contributed by atoms with Gasteiger partial charge in [-0.25, -0.2) is 0 Å². The number of hydrogen-bond acceptors (Lipinski definition) is 2. The fraction of sp³-hybridized carbons (Fsp3) is 0.533. The lowest BCUT2D eigenvalue weighted by Crippen LogP contribution is -2.24. The molecule has 0 heterocycles. The maximum Gasteiger partial charge on any atom is 0.310 e. The van der Waals surface area contributed by atoms with E-state index in [0.717, 1.165) is 24.3 Å². The molecule has 1 fully saturated rings. The van der Waals surface area contributed by atoms with Crippen molar-refractivity contribution in [1.82, 2.24) is 0 Å². The Kier molecular flexibility index (Phi) is 4.18. The van der Waals surface area contributed by atoms with Gasteiger partial charge in [-0.15, -0.1) is 0 Å². The number of carbonyl (C=O) groups is 1. The average molecular weight is 232 g/mol. The van der Waals surface area contributed by atoms with Crippen LogP contribution in [0.25, 0.3) is 0 Å². The van der Waals surface area contributed by atoms with Crippen molar-refractivity contribution in [2.45, 2.75) is 45.1 Å². The van der Waals surface area contributed by atoms with Crippen LogP contribution in [0, 0.1) is 5.92 Å². The van der Waals surface area contributed by atoms with E-state index in [9.17, 15) is 4.79 Å². The zero-order valence-electron chi connectivity index (χ0n) is 10.4. The Morgan fingerprint density at radius 1 is 1.18 bits per heavy atom. The van der Waals surface area contributed by atoms with Crippen LogP contribution in [0.1, 0.15) is 38.2 Å². The highest BCUT2D eigenvalue weighted by molar-refractivity contribution is 5.72. The van der Waals surface area contributed by atoms with Crippen LogP contribution < -0.4 is 0 Å². The smallest absolute Gasteiger partial charge is 0.310 e. The van der Waals surface area contributed by atoms with Crippen molar-refractivity contribution in [3.05, 3.63) is 35.9 Å². The molecule has 1 aromatic rings. The highest BCUT2D eigenvalue weighted by Crippen LogP contribution is 2.25. The fourth-order valence-electron chi connectivity index (χ4n) is 2.34. The summed E-state index contributed by atoms with van der Waals surface area (Å²) in [6, 6.07) is 9.78. The second-order valence-corrected chi connectivity index (χ2v) is 5.03. The average Bonchev–Trinajstić information content (AvgIpc) is 2.33. The third-order valence-corrected chi connectivity index (χ3v) is 3.45. The van der Waals surface area contributed by atoms with Crippen LogP contribution >= 0.6 is 0 Å². The van der Waals surface area contributed by atoms with Gasteiger partial charge in [0.05, 0.1) is 6.42 Å². The van der Waals surface area contributed by atoms with Gasteiger partial charge in [0.1, 0.15) is 6.10 Å². The number of hydrogen-bond donors (Lipinski definition) is 0. The molecule has 0 saturated heterocycles. The van der Waals surface area contributed by atoms with Crippen molar-refractivity contribution in [3.8, 4) is 0 Å². The summed E-state index contributed by atoms with van der Waals surface area (Å²) >= 11 is 0. The maximum absolute atomic E-state index is 11.7. The van der Waals surface area contributed by atoms with Gasteiger partial charge in [0.2, 0.25) is 0 Å². The Labute approximate surface area is 103 Å². The molecule has 1 aliphatic carbocycles. The Hall–Kier alpha value is -1.31. The SMILES string of the molecule is CC1CCC(OC(=O)Cc2ccccc2)CC1. The molecule has 2 rings (SSSR count). The third-order valence-electron chi connectivity index (χ3n) is 3.45. The van der Waals surface area contributed by atoms with Crippen molar-refractivity contribution in [2.24, 2.45) is 5.92 Å². The molecule has 1 saturated carbocycles. The molecular weight excluding hydrogens is 212 g/mol. The van der Waals surface area contributed by atoms with E-state index in [1.54, 1.807) is 0 Å². The third kappa shape index (κ3) is 3.88. The maximum atomic E-state index is 11.7. The van der Waals surface area contributed by atoms with Gasteiger partial charge in [0.25, 0.3) is 0 Å². The van der Waals surface area contributed by atoms with E-state index in [1.165, 1.54) is 12.8 Å². The quantitative estimate of drug-likeness (QED) is 0.747. The summed E-state index contributed by atoms with van der Waals surface area (Å²) < 4.78 is 5.50. The summed E-state index contributed by atoms with van der Waals surface area (Å²) in [5, 5.41) is 0. The van der Waals surface area contributed by atoms with Crippen molar-refractivity contribution in [3.63, 3.8) is 0 Å². The number of benzene rings is 1. The van der Waals surface area contributed by atoms with E-state index in [0.29, 0.717) is 6.42 Å². The second kappa shape index (κ2) is 5.85. The topological polar surface area (TPSA) is 26.3 Å². The first-order valence-corrected chi connectivity index (χ1v) is 6.47. The van der Waals surface area contributed by atoms with Crippen LogP contribution in [0.5, 0.6) is 0 Å². The number of rotatable bonds is 3. The molecule has 17 heavy (non-hydrogen) atoms. The zero-order valence-corrected chi connectivity index (χ0v) is 10.4. The van der Waals surface area contributed by atoms with Crippen LogP contribution in [-0.2, 0) is 16.0 Å². The van der Waals surface area contributed by atoms with Crippen LogP contribution in [-0.4, -0.2) is 12.1 Å². The molecule has 0 aliphatic heterocycles. The molecule has 0 bridgehead atoms. The van der Waals surface area contributed by atoms with Gasteiger partial charge < -0.3 is 4.74 Å². The monoisotopic (exact) mass is 232 g/mol. The molecule has 92 valence electrons. The van der Waals surface area contributed by atoms with Gasteiger partial charge in [-0.05, 0) is 37.2 Å². The fourth-order valence-corrected chi connectivity index (χ4v) is 2.34. The lowest BCUT2D eigenvalue weighted by atomic mass is 9.89. The van der Waals surface area contributed by atoms with Crippen LogP contribution in [0.4, 0.5) is 0 Å². The van der Waals surface area contributed by atoms with E-state index in [1.807, 2.05) is 30.3 Å². The Morgan fingerprint density at radius 3 is 2.47 bits per heavy atom. The van der Waals surface area contributed by atoms with Gasteiger partial charge in [0, 0.05) is 0 Å². The Bertz CT molecular complexity index is 350. The molecule has 1 aromatic carbocycles. The largest absolute Gasteiger partial charge is 0.462 e. The molecule has 0 amide bonds. The first kappa shape index (κ1) is 12.2. The minimum Gasteiger partial charge on any atom is -0.462 e. The van der Waals surface area contributed by atoms with Crippen LogP contribution in [0.3, 0.4) is 0 Å². The van der Waals surface area contributed by atoms with Crippen molar-refractivity contribution in [1.29, 1.82) is 0 Å². The Balaban J connectivity index is 1.78. The van der Waals surface area contributed by atoms with E-state index >= 15 is 0 Å². The highest BCUT2D eigenvalue weighted by Gasteiger charge is 2.21. The van der Waals surface area contributed by atoms with Crippen molar-refractivity contribution < 1.29 is 9.53 Å². The molecule has 0 unspecified atom stereocenters. The lowest BCUT2D eigenvalue weighted by molar-refractivity contribution is -0.150. The minimum absolute atomic E-state index is 0.0873. The van der Waals surface area contributed by atoms with Crippen molar-refractivity contribution >= 4 is 5.97 Å². The molecule has 0 aromatic heterocycles. The molecule has 0 radical (unpaired) electrons. The molecule has 2 nitrogen and oxygen atoms in total. The summed E-state index contributed by atoms with van der Waals surface area (Å²) in [4.78, 5) is 11.7. The van der Waals surface area contributed by atoms with E-state index in [-0.39, 0.29) is 12.1 Å². The highest BCUT2D eigenvalue weighted by atomic mass is 16.5. The number of carbonyl (C=O) groups excluding carboxylic acids is 1. The van der Waals surface area contributed by atoms with Gasteiger partial charge in [-0.2, -0.15) is 0 Å². The lowest BCUT2D eigenvalue weighted by Gasteiger charge is -2.25. The first-order chi connectivity index (χ1) is 8.24. The predicted molar refractivity (Wildman–Crippen MR) is 67.7 cm³/mol. The van der Waals surface area contributed by atoms with Crippen LogP contribution in [0.15, 0.2) is 30.3 Å². The predicted octanol–water partition coefficient (Wildman–Crippen LogP) is 3.35. The molecule has 0 atom stereocenters. The normalized spacial score (nSPS) is 24.3. The number of esters is 1. The van der Waals surface area contributed by atoms with Crippen molar-refractivity contribution in [2.75, 3.05) is 0 Å². The van der Waals surface area contributed by atoms with E-state index < -0.39 is 0 Å². The molecule has 1 aliphatic rings. The van der Waals surface area contributed by atoms with E-state index in [2.05, 4.69) is 6.92 Å². The number of ether oxygens (including phenoxy) is 1.